The predicted octanol–water partition coefficient (Wildman–Crippen LogP) is 1.10. The summed E-state index contributed by atoms with van der Waals surface area (Å²) < 4.78 is 5.01. The Morgan fingerprint density at radius 3 is 2.47 bits per heavy atom. The van der Waals surface area contributed by atoms with Crippen LogP contribution in [0.4, 0.5) is 11.4 Å². The summed E-state index contributed by atoms with van der Waals surface area (Å²) >= 11 is 0. The minimum absolute atomic E-state index is 0.320. The first-order chi connectivity index (χ1) is 8.04. The van der Waals surface area contributed by atoms with Crippen LogP contribution in [0, 0.1) is 0 Å². The topological polar surface area (TPSA) is 72.6 Å². The average Bonchev–Trinajstić information content (AvgIpc) is 2.53. The summed E-state index contributed by atoms with van der Waals surface area (Å²) in [5.41, 5.74) is 6.99. The lowest BCUT2D eigenvalue weighted by atomic mass is 10.2. The molecule has 0 fully saturated rings. The number of nitrogen functional groups attached to an aromatic ring is 1. The average molecular weight is 232 g/mol. The Labute approximate surface area is 98.5 Å². The zero-order valence-corrected chi connectivity index (χ0v) is 9.56. The molecule has 0 unspecified atom stereocenters. The highest BCUT2D eigenvalue weighted by Crippen LogP contribution is 2.29. The minimum Gasteiger partial charge on any atom is -0.495 e. The van der Waals surface area contributed by atoms with Gasteiger partial charge in [-0.05, 0) is 25.1 Å². The molecule has 1 heterocycles. The van der Waals surface area contributed by atoms with Gasteiger partial charge in [0, 0.05) is 11.6 Å². The molecular formula is C12H12N2O3. The summed E-state index contributed by atoms with van der Waals surface area (Å²) in [7, 11) is 1.50. The van der Waals surface area contributed by atoms with Crippen LogP contribution < -0.4 is 15.4 Å². The Morgan fingerprint density at radius 2 is 2.00 bits per heavy atom. The van der Waals surface area contributed by atoms with Crippen LogP contribution in [0.15, 0.2) is 29.8 Å². The van der Waals surface area contributed by atoms with E-state index in [1.54, 1.807) is 25.1 Å². The van der Waals surface area contributed by atoms with Crippen molar-refractivity contribution in [1.29, 1.82) is 0 Å². The molecular weight excluding hydrogens is 220 g/mol. The summed E-state index contributed by atoms with van der Waals surface area (Å²) in [5, 5.41) is 0. The molecule has 1 aliphatic heterocycles. The summed E-state index contributed by atoms with van der Waals surface area (Å²) in [5.74, 6) is -0.158. The first kappa shape index (κ1) is 11.2. The number of anilines is 2. The second-order valence-corrected chi connectivity index (χ2v) is 3.73. The molecule has 0 aliphatic carbocycles. The predicted molar refractivity (Wildman–Crippen MR) is 63.7 cm³/mol. The molecule has 5 heteroatoms. The number of rotatable bonds is 2. The van der Waals surface area contributed by atoms with Gasteiger partial charge in [-0.15, -0.1) is 0 Å². The zero-order chi connectivity index (χ0) is 12.6. The molecule has 0 saturated carbocycles. The van der Waals surface area contributed by atoms with E-state index in [0.29, 0.717) is 22.7 Å². The van der Waals surface area contributed by atoms with Crippen molar-refractivity contribution in [2.45, 2.75) is 6.92 Å². The van der Waals surface area contributed by atoms with E-state index in [1.807, 2.05) is 0 Å². The number of hydrogen-bond donors (Lipinski definition) is 1. The highest BCUT2D eigenvalue weighted by Gasteiger charge is 2.29. The van der Waals surface area contributed by atoms with Crippen molar-refractivity contribution in [2.75, 3.05) is 17.7 Å². The number of ether oxygens (including phenoxy) is 1. The van der Waals surface area contributed by atoms with Gasteiger partial charge in [-0.1, -0.05) is 0 Å². The van der Waals surface area contributed by atoms with Gasteiger partial charge in [-0.3, -0.25) is 9.59 Å². The monoisotopic (exact) mass is 232 g/mol. The molecule has 88 valence electrons. The second-order valence-electron chi connectivity index (χ2n) is 3.73. The second kappa shape index (κ2) is 3.93. The lowest BCUT2D eigenvalue weighted by Gasteiger charge is -2.15. The van der Waals surface area contributed by atoms with Crippen LogP contribution in [0.5, 0.6) is 5.75 Å². The zero-order valence-electron chi connectivity index (χ0n) is 9.56. The van der Waals surface area contributed by atoms with Crippen molar-refractivity contribution in [2.24, 2.45) is 0 Å². The Balaban J connectivity index is 2.40. The van der Waals surface area contributed by atoms with Gasteiger partial charge in [-0.2, -0.15) is 0 Å². The number of carbonyl (C=O) groups excluding carboxylic acids is 2. The fourth-order valence-corrected chi connectivity index (χ4v) is 1.69. The molecule has 5 nitrogen and oxygen atoms in total. The Bertz CT molecular complexity index is 535. The molecule has 1 aromatic carbocycles. The van der Waals surface area contributed by atoms with Crippen LogP contribution in [0.2, 0.25) is 0 Å². The third-order valence-electron chi connectivity index (χ3n) is 2.57. The van der Waals surface area contributed by atoms with E-state index in [9.17, 15) is 9.59 Å². The quantitative estimate of drug-likeness (QED) is 0.612. The molecule has 1 aliphatic rings. The summed E-state index contributed by atoms with van der Waals surface area (Å²) in [4.78, 5) is 24.5. The molecule has 0 radical (unpaired) electrons. The Morgan fingerprint density at radius 1 is 1.29 bits per heavy atom. The molecule has 17 heavy (non-hydrogen) atoms. The van der Waals surface area contributed by atoms with Gasteiger partial charge < -0.3 is 10.5 Å². The SMILES string of the molecule is COc1ccc(N2C(=O)C=C(C)C2=O)cc1N. The van der Waals surface area contributed by atoms with Crippen LogP contribution >= 0.6 is 0 Å². The molecule has 2 N–H and O–H groups in total. The van der Waals surface area contributed by atoms with Crippen LogP contribution in [0.25, 0.3) is 0 Å². The maximum atomic E-state index is 11.7. The number of hydrogen-bond acceptors (Lipinski definition) is 4. The molecule has 0 atom stereocenters. The highest BCUT2D eigenvalue weighted by molar-refractivity contribution is 6.30. The lowest BCUT2D eigenvalue weighted by molar-refractivity contribution is -0.120. The third-order valence-corrected chi connectivity index (χ3v) is 2.57. The standard InChI is InChI=1S/C12H12N2O3/c1-7-5-11(15)14(12(7)16)8-3-4-10(17-2)9(13)6-8/h3-6H,13H2,1-2H3. The Kier molecular flexibility index (Phi) is 2.59. The molecule has 0 aromatic heterocycles. The van der Waals surface area contributed by atoms with Crippen LogP contribution in [0.1, 0.15) is 6.92 Å². The van der Waals surface area contributed by atoms with E-state index in [-0.39, 0.29) is 11.8 Å². The van der Waals surface area contributed by atoms with Gasteiger partial charge in [0.15, 0.2) is 0 Å². The number of nitrogens with zero attached hydrogens (tertiary/aromatic N) is 1. The molecule has 0 spiro atoms. The number of carbonyl (C=O) groups is 2. The maximum absolute atomic E-state index is 11.7. The van der Waals surface area contributed by atoms with Gasteiger partial charge in [0.2, 0.25) is 0 Å². The van der Waals surface area contributed by atoms with Crippen LogP contribution in [-0.2, 0) is 9.59 Å². The first-order valence-electron chi connectivity index (χ1n) is 5.05. The van der Waals surface area contributed by atoms with Crippen molar-refractivity contribution in [3.8, 4) is 5.75 Å². The van der Waals surface area contributed by atoms with Crippen molar-refractivity contribution in [1.82, 2.24) is 0 Å². The number of methoxy groups -OCH3 is 1. The van der Waals surface area contributed by atoms with E-state index in [0.717, 1.165) is 4.90 Å². The summed E-state index contributed by atoms with van der Waals surface area (Å²) in [6.45, 7) is 1.60. The number of imide groups is 1. The molecule has 2 rings (SSSR count). The summed E-state index contributed by atoms with van der Waals surface area (Å²) in [6.07, 6.45) is 1.31. The highest BCUT2D eigenvalue weighted by atomic mass is 16.5. The number of nitrogens with two attached hydrogens (primary N) is 1. The first-order valence-corrected chi connectivity index (χ1v) is 5.05. The largest absolute Gasteiger partial charge is 0.495 e. The Hall–Kier alpha value is -2.30. The number of amides is 2. The fourth-order valence-electron chi connectivity index (χ4n) is 1.69. The van der Waals surface area contributed by atoms with Crippen molar-refractivity contribution >= 4 is 23.2 Å². The van der Waals surface area contributed by atoms with E-state index in [4.69, 9.17) is 10.5 Å². The normalized spacial score (nSPS) is 15.2. The van der Waals surface area contributed by atoms with E-state index in [2.05, 4.69) is 0 Å². The van der Waals surface area contributed by atoms with E-state index in [1.165, 1.54) is 13.2 Å². The van der Waals surface area contributed by atoms with Crippen LogP contribution in [0.3, 0.4) is 0 Å². The smallest absolute Gasteiger partial charge is 0.261 e. The minimum atomic E-state index is -0.350. The van der Waals surface area contributed by atoms with Crippen LogP contribution in [-0.4, -0.2) is 18.9 Å². The summed E-state index contributed by atoms with van der Waals surface area (Å²) in [6, 6.07) is 4.79. The molecule has 2 amide bonds. The van der Waals surface area contributed by atoms with E-state index >= 15 is 0 Å². The lowest BCUT2D eigenvalue weighted by Crippen LogP contribution is -2.30. The number of benzene rings is 1. The maximum Gasteiger partial charge on any atom is 0.261 e. The molecule has 0 saturated heterocycles. The van der Waals surface area contributed by atoms with Crippen molar-refractivity contribution in [3.63, 3.8) is 0 Å². The van der Waals surface area contributed by atoms with Gasteiger partial charge in [-0.25, -0.2) is 4.90 Å². The van der Waals surface area contributed by atoms with Gasteiger partial charge in [0.1, 0.15) is 5.75 Å². The van der Waals surface area contributed by atoms with Crippen molar-refractivity contribution < 1.29 is 14.3 Å². The van der Waals surface area contributed by atoms with Gasteiger partial charge in [0.05, 0.1) is 18.5 Å². The van der Waals surface area contributed by atoms with E-state index < -0.39 is 0 Å². The fraction of sp³-hybridized carbons (Fsp3) is 0.167. The molecule has 1 aromatic rings. The molecule has 0 bridgehead atoms. The van der Waals surface area contributed by atoms with Gasteiger partial charge in [0.25, 0.3) is 11.8 Å². The van der Waals surface area contributed by atoms with Gasteiger partial charge >= 0.3 is 0 Å². The third kappa shape index (κ3) is 1.75. The van der Waals surface area contributed by atoms with Crippen molar-refractivity contribution in [3.05, 3.63) is 29.8 Å².